The average Bonchev–Trinajstić information content (AvgIpc) is 3.20. The molecule has 136 valence electrons. The van der Waals surface area contributed by atoms with E-state index in [4.69, 9.17) is 10.5 Å². The lowest BCUT2D eigenvalue weighted by molar-refractivity contribution is 0.127. The predicted molar refractivity (Wildman–Crippen MR) is 95.3 cm³/mol. The Kier molecular flexibility index (Phi) is 4.34. The number of hydrogen-bond donors (Lipinski definition) is 2. The van der Waals surface area contributed by atoms with E-state index in [1.165, 1.54) is 18.5 Å². The molecule has 0 saturated heterocycles. The zero-order chi connectivity index (χ0) is 18.3. The van der Waals surface area contributed by atoms with Gasteiger partial charge in [0.1, 0.15) is 29.6 Å². The van der Waals surface area contributed by atoms with Gasteiger partial charge in [0, 0.05) is 36.5 Å². The van der Waals surface area contributed by atoms with Gasteiger partial charge in [-0.1, -0.05) is 0 Å². The third-order valence-corrected chi connectivity index (χ3v) is 5.05. The molecule has 1 saturated carbocycles. The Morgan fingerprint density at radius 3 is 2.96 bits per heavy atom. The average molecular weight is 356 g/mol. The highest BCUT2D eigenvalue weighted by atomic mass is 19.1. The molecule has 0 radical (unpaired) electrons. The van der Waals surface area contributed by atoms with Gasteiger partial charge < -0.3 is 20.1 Å². The molecule has 0 bridgehead atoms. The summed E-state index contributed by atoms with van der Waals surface area (Å²) in [6, 6.07) is 6.18. The van der Waals surface area contributed by atoms with Crippen molar-refractivity contribution in [3.05, 3.63) is 53.9 Å². The van der Waals surface area contributed by atoms with Crippen LogP contribution < -0.4 is 10.5 Å². The zero-order valence-corrected chi connectivity index (χ0v) is 14.5. The largest absolute Gasteiger partial charge is 0.490 e. The van der Waals surface area contributed by atoms with E-state index in [1.807, 2.05) is 23.8 Å². The summed E-state index contributed by atoms with van der Waals surface area (Å²) in [5, 5.41) is 11.6. The van der Waals surface area contributed by atoms with Crippen molar-refractivity contribution >= 4 is 11.0 Å². The van der Waals surface area contributed by atoms with Crippen molar-refractivity contribution in [2.75, 3.05) is 0 Å². The van der Waals surface area contributed by atoms with Crippen LogP contribution in [0.25, 0.3) is 11.0 Å². The maximum absolute atomic E-state index is 13.4. The number of nitrogens with zero attached hydrogens (tertiary/aromatic N) is 3. The van der Waals surface area contributed by atoms with Gasteiger partial charge in [0.2, 0.25) is 0 Å². The standard InChI is InChI=1S/C19H21FN4O2/c1-11-15-4-5-24(19(15)23-10-22-11)16-7-14(8-17(16)25)26-18-3-2-13(20)6-12(18)9-21/h2-6,10,14,16-17,25H,7-9,21H2,1H3/t14-,16+,17+/m0/s1. The fraction of sp³-hybridized carbons (Fsp3) is 0.368. The number of nitrogens with two attached hydrogens (primary N) is 1. The minimum Gasteiger partial charge on any atom is -0.490 e. The van der Waals surface area contributed by atoms with Crippen LogP contribution in [0.4, 0.5) is 4.39 Å². The van der Waals surface area contributed by atoms with E-state index < -0.39 is 6.10 Å². The molecule has 3 N–H and O–H groups in total. The van der Waals surface area contributed by atoms with Gasteiger partial charge >= 0.3 is 0 Å². The van der Waals surface area contributed by atoms with E-state index in [0.29, 0.717) is 24.2 Å². The van der Waals surface area contributed by atoms with Crippen molar-refractivity contribution in [1.82, 2.24) is 14.5 Å². The molecule has 1 aliphatic carbocycles. The number of fused-ring (bicyclic) bond motifs is 1. The number of aromatic nitrogens is 3. The minimum absolute atomic E-state index is 0.131. The van der Waals surface area contributed by atoms with Crippen molar-refractivity contribution in [2.45, 2.75) is 44.6 Å². The second kappa shape index (κ2) is 6.66. The summed E-state index contributed by atoms with van der Waals surface area (Å²) in [5.41, 5.74) is 8.03. The number of halogens is 1. The highest BCUT2D eigenvalue weighted by Crippen LogP contribution is 2.36. The number of aliphatic hydroxyl groups is 1. The topological polar surface area (TPSA) is 86.2 Å². The summed E-state index contributed by atoms with van der Waals surface area (Å²) in [5.74, 6) is 0.235. The molecule has 4 rings (SSSR count). The minimum atomic E-state index is -0.548. The zero-order valence-electron chi connectivity index (χ0n) is 14.5. The quantitative estimate of drug-likeness (QED) is 0.750. The van der Waals surface area contributed by atoms with Gasteiger partial charge in [-0.05, 0) is 31.2 Å². The Hall–Kier alpha value is -2.51. The van der Waals surface area contributed by atoms with Crippen LogP contribution in [0.5, 0.6) is 5.75 Å². The highest BCUT2D eigenvalue weighted by Gasteiger charge is 2.36. The van der Waals surface area contributed by atoms with Crippen LogP contribution in [-0.4, -0.2) is 31.8 Å². The number of rotatable bonds is 4. The molecule has 2 heterocycles. The van der Waals surface area contributed by atoms with Gasteiger partial charge in [-0.3, -0.25) is 0 Å². The van der Waals surface area contributed by atoms with E-state index in [2.05, 4.69) is 9.97 Å². The molecule has 3 atom stereocenters. The summed E-state index contributed by atoms with van der Waals surface area (Å²) in [6.45, 7) is 2.14. The van der Waals surface area contributed by atoms with Crippen LogP contribution in [0.1, 0.15) is 30.1 Å². The number of ether oxygens (including phenoxy) is 1. The first-order chi connectivity index (χ1) is 12.6. The summed E-state index contributed by atoms with van der Waals surface area (Å²) < 4.78 is 21.4. The first-order valence-corrected chi connectivity index (χ1v) is 8.68. The van der Waals surface area contributed by atoms with Gasteiger partial charge in [0.15, 0.2) is 0 Å². The molecule has 1 aromatic carbocycles. The van der Waals surface area contributed by atoms with Crippen molar-refractivity contribution in [3.63, 3.8) is 0 Å². The van der Waals surface area contributed by atoms with E-state index in [-0.39, 0.29) is 24.5 Å². The number of aryl methyl sites for hydroxylation is 1. The predicted octanol–water partition coefficient (Wildman–Crippen LogP) is 2.48. The van der Waals surface area contributed by atoms with Crippen molar-refractivity contribution < 1.29 is 14.2 Å². The maximum Gasteiger partial charge on any atom is 0.143 e. The summed E-state index contributed by atoms with van der Waals surface area (Å²) in [7, 11) is 0. The fourth-order valence-corrected chi connectivity index (χ4v) is 3.71. The van der Waals surface area contributed by atoms with Gasteiger partial charge in [-0.2, -0.15) is 0 Å². The molecule has 7 heteroatoms. The number of hydrogen-bond acceptors (Lipinski definition) is 5. The van der Waals surface area contributed by atoms with E-state index in [1.54, 1.807) is 6.07 Å². The van der Waals surface area contributed by atoms with Crippen LogP contribution in [0, 0.1) is 12.7 Å². The Morgan fingerprint density at radius 1 is 1.31 bits per heavy atom. The van der Waals surface area contributed by atoms with Gasteiger partial charge in [-0.25, -0.2) is 14.4 Å². The SMILES string of the molecule is Cc1ncnc2c1ccn2[C@@H]1C[C@H](Oc2ccc(F)cc2CN)C[C@H]1O. The van der Waals surface area contributed by atoms with Crippen LogP contribution in [0.2, 0.25) is 0 Å². The lowest BCUT2D eigenvalue weighted by Gasteiger charge is -2.18. The Balaban J connectivity index is 1.57. The third kappa shape index (κ3) is 2.93. The van der Waals surface area contributed by atoms with Crippen molar-refractivity contribution in [2.24, 2.45) is 5.73 Å². The Morgan fingerprint density at radius 2 is 2.15 bits per heavy atom. The molecule has 0 aliphatic heterocycles. The summed E-state index contributed by atoms with van der Waals surface area (Å²) >= 11 is 0. The first kappa shape index (κ1) is 16.9. The third-order valence-electron chi connectivity index (χ3n) is 5.05. The smallest absolute Gasteiger partial charge is 0.143 e. The van der Waals surface area contributed by atoms with E-state index in [9.17, 15) is 9.50 Å². The monoisotopic (exact) mass is 356 g/mol. The Labute approximate surface area is 150 Å². The van der Waals surface area contributed by atoms with Crippen molar-refractivity contribution in [3.8, 4) is 5.75 Å². The fourth-order valence-electron chi connectivity index (χ4n) is 3.71. The summed E-state index contributed by atoms with van der Waals surface area (Å²) in [4.78, 5) is 8.58. The molecule has 2 aromatic heterocycles. The molecule has 0 unspecified atom stereocenters. The van der Waals surface area contributed by atoms with Crippen LogP contribution in [-0.2, 0) is 6.54 Å². The molecule has 1 fully saturated rings. The second-order valence-electron chi connectivity index (χ2n) is 6.72. The molecule has 6 nitrogen and oxygen atoms in total. The lowest BCUT2D eigenvalue weighted by Crippen LogP contribution is -2.17. The van der Waals surface area contributed by atoms with Crippen LogP contribution in [0.3, 0.4) is 0 Å². The second-order valence-corrected chi connectivity index (χ2v) is 6.72. The van der Waals surface area contributed by atoms with Crippen LogP contribution >= 0.6 is 0 Å². The van der Waals surface area contributed by atoms with Crippen molar-refractivity contribution in [1.29, 1.82) is 0 Å². The maximum atomic E-state index is 13.4. The molecule has 0 spiro atoms. The van der Waals surface area contributed by atoms with E-state index >= 15 is 0 Å². The first-order valence-electron chi connectivity index (χ1n) is 8.68. The summed E-state index contributed by atoms with van der Waals surface area (Å²) in [6.07, 6.45) is 3.88. The number of aliphatic hydroxyl groups excluding tert-OH is 1. The Bertz CT molecular complexity index is 942. The van der Waals surface area contributed by atoms with Gasteiger partial charge in [-0.15, -0.1) is 0 Å². The number of benzene rings is 1. The molecule has 1 aliphatic rings. The van der Waals surface area contributed by atoms with Crippen LogP contribution in [0.15, 0.2) is 36.8 Å². The molecular formula is C19H21FN4O2. The molecular weight excluding hydrogens is 335 g/mol. The normalized spacial score (nSPS) is 22.8. The molecule has 26 heavy (non-hydrogen) atoms. The van der Waals surface area contributed by atoms with Gasteiger partial charge in [0.05, 0.1) is 17.8 Å². The molecule has 0 amide bonds. The van der Waals surface area contributed by atoms with Gasteiger partial charge in [0.25, 0.3) is 0 Å². The molecule has 3 aromatic rings. The van der Waals surface area contributed by atoms with E-state index in [0.717, 1.165) is 16.7 Å². The highest BCUT2D eigenvalue weighted by molar-refractivity contribution is 5.78. The lowest BCUT2D eigenvalue weighted by atomic mass is 10.2.